The summed E-state index contributed by atoms with van der Waals surface area (Å²) in [4.78, 5) is 13.8. The highest BCUT2D eigenvalue weighted by Crippen LogP contribution is 2.17. The third-order valence-electron chi connectivity index (χ3n) is 3.66. The van der Waals surface area contributed by atoms with E-state index >= 15 is 0 Å². The molecule has 1 fully saturated rings. The van der Waals surface area contributed by atoms with E-state index in [1.54, 1.807) is 4.90 Å². The predicted molar refractivity (Wildman–Crippen MR) is 68.4 cm³/mol. The van der Waals surface area contributed by atoms with Crippen molar-refractivity contribution in [1.29, 1.82) is 0 Å². The quantitative estimate of drug-likeness (QED) is 0.887. The van der Waals surface area contributed by atoms with Gasteiger partial charge in [-0.25, -0.2) is 8.78 Å². The standard InChI is InChI=1S/C14H18F2N2O/c1-9-8-18(5-4-13(9)17)14(19)7-10-2-3-11(15)12(16)6-10/h2-3,6,9,13H,4-5,7-8,17H2,1H3. The molecule has 2 rings (SSSR count). The van der Waals surface area contributed by atoms with Gasteiger partial charge < -0.3 is 10.6 Å². The summed E-state index contributed by atoms with van der Waals surface area (Å²) in [5.74, 6) is -1.61. The Labute approximate surface area is 111 Å². The molecule has 0 bridgehead atoms. The van der Waals surface area contributed by atoms with Crippen molar-refractivity contribution in [2.24, 2.45) is 11.7 Å². The summed E-state index contributed by atoms with van der Waals surface area (Å²) in [5, 5.41) is 0. The van der Waals surface area contributed by atoms with Crippen LogP contribution in [0.4, 0.5) is 8.78 Å². The lowest BCUT2D eigenvalue weighted by Gasteiger charge is -2.35. The van der Waals surface area contributed by atoms with Gasteiger partial charge in [0, 0.05) is 19.1 Å². The van der Waals surface area contributed by atoms with Crippen LogP contribution in [0.15, 0.2) is 18.2 Å². The molecule has 1 aromatic carbocycles. The van der Waals surface area contributed by atoms with Crippen LogP contribution in [-0.4, -0.2) is 29.9 Å². The first kappa shape index (κ1) is 13.9. The van der Waals surface area contributed by atoms with Crippen molar-refractivity contribution < 1.29 is 13.6 Å². The van der Waals surface area contributed by atoms with E-state index < -0.39 is 11.6 Å². The Morgan fingerprint density at radius 3 is 2.79 bits per heavy atom. The van der Waals surface area contributed by atoms with Gasteiger partial charge in [-0.3, -0.25) is 4.79 Å². The van der Waals surface area contributed by atoms with Crippen molar-refractivity contribution in [3.05, 3.63) is 35.4 Å². The maximum Gasteiger partial charge on any atom is 0.227 e. The van der Waals surface area contributed by atoms with E-state index in [9.17, 15) is 13.6 Å². The highest BCUT2D eigenvalue weighted by atomic mass is 19.2. The molecule has 1 amide bonds. The van der Waals surface area contributed by atoms with Gasteiger partial charge in [-0.15, -0.1) is 0 Å². The minimum absolute atomic E-state index is 0.0650. The van der Waals surface area contributed by atoms with Crippen LogP contribution in [0.25, 0.3) is 0 Å². The summed E-state index contributed by atoms with van der Waals surface area (Å²) in [5.41, 5.74) is 6.39. The van der Waals surface area contributed by atoms with Gasteiger partial charge in [-0.1, -0.05) is 13.0 Å². The van der Waals surface area contributed by atoms with Crippen LogP contribution in [0, 0.1) is 17.6 Å². The number of nitrogens with two attached hydrogens (primary N) is 1. The zero-order valence-electron chi connectivity index (χ0n) is 10.9. The Kier molecular flexibility index (Phi) is 4.14. The SMILES string of the molecule is CC1CN(C(=O)Cc2ccc(F)c(F)c2)CCC1N. The number of piperidine rings is 1. The van der Waals surface area contributed by atoms with E-state index in [2.05, 4.69) is 0 Å². The summed E-state index contributed by atoms with van der Waals surface area (Å²) >= 11 is 0. The van der Waals surface area contributed by atoms with E-state index in [1.165, 1.54) is 6.07 Å². The number of rotatable bonds is 2. The fourth-order valence-electron chi connectivity index (χ4n) is 2.33. The number of halogens is 2. The molecule has 0 spiro atoms. The monoisotopic (exact) mass is 268 g/mol. The lowest BCUT2D eigenvalue weighted by Crippen LogP contribution is -2.48. The van der Waals surface area contributed by atoms with Crippen LogP contribution in [0.1, 0.15) is 18.9 Å². The van der Waals surface area contributed by atoms with Crippen LogP contribution in [0.3, 0.4) is 0 Å². The molecular formula is C14H18F2N2O. The Bertz CT molecular complexity index is 479. The molecule has 19 heavy (non-hydrogen) atoms. The Morgan fingerprint density at radius 1 is 1.42 bits per heavy atom. The number of carbonyl (C=O) groups excluding carboxylic acids is 1. The highest BCUT2D eigenvalue weighted by molar-refractivity contribution is 5.78. The number of carbonyl (C=O) groups is 1. The number of likely N-dealkylation sites (tertiary alicyclic amines) is 1. The molecule has 1 saturated heterocycles. The third-order valence-corrected chi connectivity index (χ3v) is 3.66. The van der Waals surface area contributed by atoms with Gasteiger partial charge in [-0.05, 0) is 30.0 Å². The number of benzene rings is 1. The van der Waals surface area contributed by atoms with E-state index in [4.69, 9.17) is 5.73 Å². The molecule has 2 N–H and O–H groups in total. The van der Waals surface area contributed by atoms with E-state index in [0.29, 0.717) is 18.7 Å². The van der Waals surface area contributed by atoms with Gasteiger partial charge in [0.1, 0.15) is 0 Å². The predicted octanol–water partition coefficient (Wildman–Crippen LogP) is 1.70. The van der Waals surface area contributed by atoms with Crippen molar-refractivity contribution >= 4 is 5.91 Å². The van der Waals surface area contributed by atoms with Crippen molar-refractivity contribution in [3.63, 3.8) is 0 Å². The van der Waals surface area contributed by atoms with E-state index in [-0.39, 0.29) is 24.3 Å². The molecule has 0 aromatic heterocycles. The molecule has 1 aliphatic rings. The first-order chi connectivity index (χ1) is 8.97. The van der Waals surface area contributed by atoms with Crippen LogP contribution >= 0.6 is 0 Å². The van der Waals surface area contributed by atoms with Crippen molar-refractivity contribution in [1.82, 2.24) is 4.90 Å². The normalized spacial score (nSPS) is 23.5. The van der Waals surface area contributed by atoms with Crippen LogP contribution in [-0.2, 0) is 11.2 Å². The molecule has 0 aliphatic carbocycles. The van der Waals surface area contributed by atoms with Crippen molar-refractivity contribution in [2.75, 3.05) is 13.1 Å². The number of amides is 1. The Morgan fingerprint density at radius 2 is 2.16 bits per heavy atom. The molecular weight excluding hydrogens is 250 g/mol. The van der Waals surface area contributed by atoms with Crippen LogP contribution < -0.4 is 5.73 Å². The second kappa shape index (κ2) is 5.65. The molecule has 1 aromatic rings. The van der Waals surface area contributed by atoms with E-state index in [1.807, 2.05) is 6.92 Å². The lowest BCUT2D eigenvalue weighted by molar-refractivity contribution is -0.132. The average Bonchev–Trinajstić information content (AvgIpc) is 2.37. The number of hydrogen-bond donors (Lipinski definition) is 1. The molecule has 5 heteroatoms. The Balaban J connectivity index is 1.99. The first-order valence-corrected chi connectivity index (χ1v) is 6.44. The van der Waals surface area contributed by atoms with Gasteiger partial charge >= 0.3 is 0 Å². The molecule has 1 aliphatic heterocycles. The minimum Gasteiger partial charge on any atom is -0.342 e. The second-order valence-electron chi connectivity index (χ2n) is 5.19. The van der Waals surface area contributed by atoms with Gasteiger partial charge in [-0.2, -0.15) is 0 Å². The molecule has 104 valence electrons. The number of nitrogens with zero attached hydrogens (tertiary/aromatic N) is 1. The third kappa shape index (κ3) is 3.29. The minimum atomic E-state index is -0.917. The molecule has 2 atom stereocenters. The maximum atomic E-state index is 13.1. The van der Waals surface area contributed by atoms with E-state index in [0.717, 1.165) is 18.6 Å². The van der Waals surface area contributed by atoms with Crippen LogP contribution in [0.2, 0.25) is 0 Å². The molecule has 0 radical (unpaired) electrons. The molecule has 2 unspecified atom stereocenters. The first-order valence-electron chi connectivity index (χ1n) is 6.44. The summed E-state index contributed by atoms with van der Waals surface area (Å²) in [7, 11) is 0. The zero-order chi connectivity index (χ0) is 14.0. The lowest BCUT2D eigenvalue weighted by atomic mass is 9.94. The van der Waals surface area contributed by atoms with Gasteiger partial charge in [0.15, 0.2) is 11.6 Å². The second-order valence-corrected chi connectivity index (χ2v) is 5.19. The van der Waals surface area contributed by atoms with Crippen molar-refractivity contribution in [3.8, 4) is 0 Å². The summed E-state index contributed by atoms with van der Waals surface area (Å²) in [6.45, 7) is 3.28. The summed E-state index contributed by atoms with van der Waals surface area (Å²) in [6, 6.07) is 3.70. The molecule has 0 saturated carbocycles. The van der Waals surface area contributed by atoms with Gasteiger partial charge in [0.05, 0.1) is 6.42 Å². The topological polar surface area (TPSA) is 46.3 Å². The maximum absolute atomic E-state index is 13.1. The molecule has 1 heterocycles. The smallest absolute Gasteiger partial charge is 0.227 e. The largest absolute Gasteiger partial charge is 0.342 e. The number of hydrogen-bond acceptors (Lipinski definition) is 2. The van der Waals surface area contributed by atoms with Crippen molar-refractivity contribution in [2.45, 2.75) is 25.8 Å². The van der Waals surface area contributed by atoms with Crippen LogP contribution in [0.5, 0.6) is 0 Å². The van der Waals surface area contributed by atoms with Gasteiger partial charge in [0.25, 0.3) is 0 Å². The Hall–Kier alpha value is -1.49. The fraction of sp³-hybridized carbons (Fsp3) is 0.500. The summed E-state index contributed by atoms with van der Waals surface area (Å²) in [6.07, 6.45) is 0.879. The van der Waals surface area contributed by atoms with Gasteiger partial charge in [0.2, 0.25) is 5.91 Å². The summed E-state index contributed by atoms with van der Waals surface area (Å²) < 4.78 is 25.9. The highest BCUT2D eigenvalue weighted by Gasteiger charge is 2.26. The average molecular weight is 268 g/mol. The zero-order valence-corrected chi connectivity index (χ0v) is 10.9. The fourth-order valence-corrected chi connectivity index (χ4v) is 2.33. The molecule has 3 nitrogen and oxygen atoms in total.